The summed E-state index contributed by atoms with van der Waals surface area (Å²) in [6.07, 6.45) is 0. The number of nitrogens with two attached hydrogens (primary N) is 1. The van der Waals surface area contributed by atoms with Gasteiger partial charge in [0.15, 0.2) is 0 Å². The molecule has 1 aromatic carbocycles. The van der Waals surface area contributed by atoms with Crippen molar-refractivity contribution in [1.82, 2.24) is 0 Å². The Morgan fingerprint density at radius 1 is 1.15 bits per heavy atom. The molecule has 0 saturated carbocycles. The van der Waals surface area contributed by atoms with Crippen LogP contribution in [0.5, 0.6) is 0 Å². The van der Waals surface area contributed by atoms with Gasteiger partial charge in [0.2, 0.25) is 5.96 Å². The lowest BCUT2D eigenvalue weighted by Gasteiger charge is -2.40. The molecule has 1 aliphatic heterocycles. The van der Waals surface area contributed by atoms with E-state index in [1.165, 1.54) is 6.07 Å². The molecule has 3 N–H and O–H groups in total. The monoisotopic (exact) mass is 378 g/mol. The summed E-state index contributed by atoms with van der Waals surface area (Å²) in [5.74, 6) is 0.143. The number of aliphatic imine (C=N–C) groups is 2. The van der Waals surface area contributed by atoms with Gasteiger partial charge >= 0.3 is 10.2 Å². The Hall–Kier alpha value is -1.36. The summed E-state index contributed by atoms with van der Waals surface area (Å²) < 4.78 is 63.6. The van der Waals surface area contributed by atoms with Gasteiger partial charge in [-0.1, -0.05) is 35.4 Å². The number of hydrogen-bond acceptors (Lipinski definition) is 4. The van der Waals surface area contributed by atoms with E-state index in [4.69, 9.17) is 5.73 Å². The quantitative estimate of drug-likeness (QED) is 0.755. The zero-order chi connectivity index (χ0) is 15.2. The van der Waals surface area contributed by atoms with Crippen LogP contribution >= 0.6 is 26.2 Å². The molecule has 112 valence electrons. The maximum absolute atomic E-state index is 12.8. The fraction of sp³-hybridized carbons (Fsp3) is 0.111. The number of amidine groups is 1. The van der Waals surface area contributed by atoms with Gasteiger partial charge in [0, 0.05) is 10.2 Å². The largest absolute Gasteiger partial charge is 0.385 e. The lowest BCUT2D eigenvalue weighted by molar-refractivity contribution is 0.364. The molecule has 0 radical (unpaired) electrons. The number of rotatable bonds is 2. The highest BCUT2D eigenvalue weighted by Gasteiger charge is 2.65. The summed E-state index contributed by atoms with van der Waals surface area (Å²) in [7, 11) is -9.75. The van der Waals surface area contributed by atoms with Crippen LogP contribution in [0.3, 0.4) is 0 Å². The van der Waals surface area contributed by atoms with Crippen molar-refractivity contribution in [2.24, 2.45) is 15.7 Å². The Labute approximate surface area is 118 Å². The maximum Gasteiger partial charge on any atom is 0.310 e. The third-order valence-electron chi connectivity index (χ3n) is 2.21. The molecule has 0 bridgehead atoms. The van der Waals surface area contributed by atoms with Gasteiger partial charge in [-0.25, -0.2) is 4.99 Å². The summed E-state index contributed by atoms with van der Waals surface area (Å²) in [4.78, 5) is 5.47. The number of nitrogens with one attached hydrogen (secondary N) is 1. The topological polar surface area (TPSA) is 62.8 Å². The maximum atomic E-state index is 12.8. The molecule has 0 aliphatic carbocycles. The first kappa shape index (κ1) is 15.0. The zero-order valence-corrected chi connectivity index (χ0v) is 12.0. The average Bonchev–Trinajstić information content (AvgIpc) is 2.59. The number of hydrogen-bond donors (Lipinski definition) is 2. The Morgan fingerprint density at radius 3 is 2.30 bits per heavy atom. The Balaban J connectivity index is 2.41. The van der Waals surface area contributed by atoms with Crippen LogP contribution in [0.25, 0.3) is 0 Å². The molecule has 0 amide bonds. The summed E-state index contributed by atoms with van der Waals surface area (Å²) >= 11 is 2.76. The number of guanidine groups is 1. The van der Waals surface area contributed by atoms with Crippen LogP contribution in [-0.4, -0.2) is 18.3 Å². The van der Waals surface area contributed by atoms with Crippen LogP contribution in [0, 0.1) is 0 Å². The second-order valence-corrected chi connectivity index (χ2v) is 7.34. The average molecular weight is 379 g/mol. The van der Waals surface area contributed by atoms with Crippen LogP contribution in [-0.2, 0) is 0 Å². The number of halogens is 6. The molecule has 1 aromatic rings. The fourth-order valence-electron chi connectivity index (χ4n) is 1.42. The highest BCUT2D eigenvalue weighted by atomic mass is 79.9. The van der Waals surface area contributed by atoms with Crippen LogP contribution < -0.4 is 11.1 Å². The van der Waals surface area contributed by atoms with Gasteiger partial charge in [0.05, 0.1) is 0 Å². The third-order valence-corrected chi connectivity index (χ3v) is 3.80. The second-order valence-electron chi connectivity index (χ2n) is 4.01. The normalized spacial score (nSPS) is 18.9. The summed E-state index contributed by atoms with van der Waals surface area (Å²) in [5.41, 5.74) is 5.12. The number of benzene rings is 1. The SMILES string of the molecule is NC1=NC(Nc2cc(Br)cc(S(F)(F)(F)(F)F)c2)=NC1. The van der Waals surface area contributed by atoms with Crippen molar-refractivity contribution in [1.29, 1.82) is 0 Å². The van der Waals surface area contributed by atoms with E-state index in [0.29, 0.717) is 12.1 Å². The number of anilines is 1. The summed E-state index contributed by atoms with van der Waals surface area (Å²) in [6, 6.07) is 1.82. The van der Waals surface area contributed by atoms with Crippen molar-refractivity contribution in [3.05, 3.63) is 22.7 Å². The van der Waals surface area contributed by atoms with E-state index < -0.39 is 15.1 Å². The molecule has 4 nitrogen and oxygen atoms in total. The lowest BCUT2D eigenvalue weighted by Crippen LogP contribution is -2.13. The van der Waals surface area contributed by atoms with Gasteiger partial charge in [0.25, 0.3) is 0 Å². The first-order valence-corrected chi connectivity index (χ1v) is 7.77. The van der Waals surface area contributed by atoms with E-state index in [0.717, 1.165) is 0 Å². The minimum atomic E-state index is -9.75. The molecule has 1 heterocycles. The van der Waals surface area contributed by atoms with E-state index >= 15 is 0 Å². The molecular weight excluding hydrogens is 371 g/mol. The van der Waals surface area contributed by atoms with Gasteiger partial charge in [-0.3, -0.25) is 0 Å². The molecular formula is C9H8BrF5N4S. The fourth-order valence-corrected chi connectivity index (χ4v) is 2.76. The Kier molecular flexibility index (Phi) is 2.89. The predicted octanol–water partition coefficient (Wildman–Crippen LogP) is 4.25. The van der Waals surface area contributed by atoms with Crippen molar-refractivity contribution < 1.29 is 19.4 Å². The number of nitrogens with zero attached hydrogens (tertiary/aromatic N) is 2. The minimum absolute atomic E-state index is 0.0336. The van der Waals surface area contributed by atoms with Crippen molar-refractivity contribution in [3.63, 3.8) is 0 Å². The first-order chi connectivity index (χ1) is 8.83. The van der Waals surface area contributed by atoms with Gasteiger partial charge in [-0.05, 0) is 18.2 Å². The Bertz CT molecular complexity index is 639. The van der Waals surface area contributed by atoms with Crippen molar-refractivity contribution in [2.45, 2.75) is 4.90 Å². The van der Waals surface area contributed by atoms with E-state index in [1.807, 2.05) is 0 Å². The summed E-state index contributed by atoms with van der Waals surface area (Å²) in [5, 5.41) is 2.40. The van der Waals surface area contributed by atoms with Gasteiger partial charge in [0.1, 0.15) is 17.3 Å². The van der Waals surface area contributed by atoms with Gasteiger partial charge in [-0.15, -0.1) is 0 Å². The summed E-state index contributed by atoms with van der Waals surface area (Å²) in [6.45, 7) is 0.102. The molecule has 20 heavy (non-hydrogen) atoms. The van der Waals surface area contributed by atoms with E-state index in [1.54, 1.807) is 0 Å². The van der Waals surface area contributed by atoms with E-state index in [-0.39, 0.29) is 28.5 Å². The van der Waals surface area contributed by atoms with Gasteiger partial charge < -0.3 is 11.1 Å². The molecule has 0 saturated heterocycles. The highest BCUT2D eigenvalue weighted by molar-refractivity contribution is 9.10. The van der Waals surface area contributed by atoms with Crippen LogP contribution in [0.15, 0.2) is 37.6 Å². The molecule has 0 aromatic heterocycles. The van der Waals surface area contributed by atoms with E-state index in [2.05, 4.69) is 31.2 Å². The lowest BCUT2D eigenvalue weighted by atomic mass is 10.3. The van der Waals surface area contributed by atoms with E-state index in [9.17, 15) is 19.4 Å². The highest BCUT2D eigenvalue weighted by Crippen LogP contribution is 3.02. The first-order valence-electron chi connectivity index (χ1n) is 5.03. The molecule has 0 fully saturated rings. The standard InChI is InChI=1S/C9H8BrF5N4S/c10-5-1-6(18-9-17-4-8(16)19-9)3-7(2-5)20(11,12,13,14)15/h1-3H,4H2,(H3,16,17,18,19). The smallest absolute Gasteiger partial charge is 0.310 e. The van der Waals surface area contributed by atoms with Crippen molar-refractivity contribution in [2.75, 3.05) is 11.9 Å². The van der Waals surface area contributed by atoms with Crippen molar-refractivity contribution >= 4 is 43.6 Å². The molecule has 2 rings (SSSR count). The molecule has 11 heteroatoms. The van der Waals surface area contributed by atoms with Crippen LogP contribution in [0.4, 0.5) is 25.1 Å². The molecule has 0 atom stereocenters. The molecule has 0 unspecified atom stereocenters. The van der Waals surface area contributed by atoms with Crippen LogP contribution in [0.1, 0.15) is 0 Å². The van der Waals surface area contributed by atoms with Crippen LogP contribution in [0.2, 0.25) is 0 Å². The Morgan fingerprint density at radius 2 is 1.80 bits per heavy atom. The minimum Gasteiger partial charge on any atom is -0.385 e. The predicted molar refractivity (Wildman–Crippen MR) is 73.1 cm³/mol. The van der Waals surface area contributed by atoms with Crippen molar-refractivity contribution in [3.8, 4) is 0 Å². The van der Waals surface area contributed by atoms with Gasteiger partial charge in [-0.2, -0.15) is 4.99 Å². The second kappa shape index (κ2) is 3.85. The molecule has 0 spiro atoms. The third kappa shape index (κ3) is 3.60. The molecule has 1 aliphatic rings. The zero-order valence-electron chi connectivity index (χ0n) is 9.59.